The zero-order valence-electron chi connectivity index (χ0n) is 12.2. The van der Waals surface area contributed by atoms with Crippen LogP contribution >= 0.6 is 0 Å². The predicted molar refractivity (Wildman–Crippen MR) is 78.0 cm³/mol. The quantitative estimate of drug-likeness (QED) is 0.908. The number of nitrogens with zero attached hydrogens (tertiary/aromatic N) is 2. The topological polar surface area (TPSA) is 60.9 Å². The first-order valence-electron chi connectivity index (χ1n) is 7.43. The SMILES string of the molecule is CN(C(=O)N1CCc2ccccc2C1C(=O)O)C1CCC1. The van der Waals surface area contributed by atoms with Crippen LogP contribution in [0.2, 0.25) is 0 Å². The van der Waals surface area contributed by atoms with Crippen LogP contribution in [0.5, 0.6) is 0 Å². The van der Waals surface area contributed by atoms with E-state index in [2.05, 4.69) is 0 Å². The molecule has 21 heavy (non-hydrogen) atoms. The zero-order valence-corrected chi connectivity index (χ0v) is 12.2. The molecule has 1 atom stereocenters. The van der Waals surface area contributed by atoms with Gasteiger partial charge in [-0.1, -0.05) is 24.3 Å². The van der Waals surface area contributed by atoms with Gasteiger partial charge in [-0.05, 0) is 36.8 Å². The van der Waals surface area contributed by atoms with Crippen molar-refractivity contribution < 1.29 is 14.7 Å². The van der Waals surface area contributed by atoms with Crippen molar-refractivity contribution in [2.75, 3.05) is 13.6 Å². The second kappa shape index (κ2) is 5.39. The fourth-order valence-electron chi connectivity index (χ4n) is 3.17. The Labute approximate surface area is 124 Å². The Morgan fingerprint density at radius 1 is 1.29 bits per heavy atom. The van der Waals surface area contributed by atoms with E-state index in [1.807, 2.05) is 24.3 Å². The number of rotatable bonds is 2. The van der Waals surface area contributed by atoms with Crippen LogP contribution in [0.3, 0.4) is 0 Å². The number of fused-ring (bicyclic) bond motifs is 1. The van der Waals surface area contributed by atoms with Crippen LogP contribution in [0.25, 0.3) is 0 Å². The van der Waals surface area contributed by atoms with Crippen molar-refractivity contribution >= 4 is 12.0 Å². The maximum Gasteiger partial charge on any atom is 0.331 e. The lowest BCUT2D eigenvalue weighted by Gasteiger charge is -2.41. The van der Waals surface area contributed by atoms with Gasteiger partial charge in [0.05, 0.1) is 0 Å². The van der Waals surface area contributed by atoms with Crippen molar-refractivity contribution in [2.24, 2.45) is 0 Å². The molecule has 0 radical (unpaired) electrons. The number of carbonyl (C=O) groups is 2. The van der Waals surface area contributed by atoms with Gasteiger partial charge < -0.3 is 14.9 Å². The number of urea groups is 1. The molecule has 5 nitrogen and oxygen atoms in total. The zero-order chi connectivity index (χ0) is 15.0. The smallest absolute Gasteiger partial charge is 0.331 e. The first kappa shape index (κ1) is 13.9. The van der Waals surface area contributed by atoms with Gasteiger partial charge in [0.1, 0.15) is 0 Å². The van der Waals surface area contributed by atoms with Gasteiger partial charge in [-0.2, -0.15) is 0 Å². The van der Waals surface area contributed by atoms with E-state index in [-0.39, 0.29) is 12.1 Å². The number of carboxylic acid groups (broad SMARTS) is 1. The number of amides is 2. The van der Waals surface area contributed by atoms with E-state index in [9.17, 15) is 14.7 Å². The summed E-state index contributed by atoms with van der Waals surface area (Å²) in [6.07, 6.45) is 3.90. The minimum atomic E-state index is -0.961. The predicted octanol–water partition coefficient (Wildman–Crippen LogP) is 2.27. The lowest BCUT2D eigenvalue weighted by Crippen LogP contribution is -2.52. The highest BCUT2D eigenvalue weighted by Gasteiger charge is 2.38. The second-order valence-electron chi connectivity index (χ2n) is 5.86. The Bertz CT molecular complexity index is 568. The third kappa shape index (κ3) is 2.37. The number of hydrogen-bond donors (Lipinski definition) is 1. The van der Waals surface area contributed by atoms with E-state index in [1.165, 1.54) is 4.90 Å². The summed E-state index contributed by atoms with van der Waals surface area (Å²) in [7, 11) is 1.78. The molecule has 2 aliphatic rings. The second-order valence-corrected chi connectivity index (χ2v) is 5.86. The largest absolute Gasteiger partial charge is 0.479 e. The van der Waals surface area contributed by atoms with Crippen LogP contribution < -0.4 is 0 Å². The normalized spacial score (nSPS) is 21.4. The molecule has 3 rings (SSSR count). The molecule has 1 saturated carbocycles. The van der Waals surface area contributed by atoms with Crippen LogP contribution in [0.1, 0.15) is 36.4 Å². The molecule has 0 aromatic heterocycles. The minimum Gasteiger partial charge on any atom is -0.479 e. The van der Waals surface area contributed by atoms with Crippen LogP contribution in [0.4, 0.5) is 4.79 Å². The first-order valence-corrected chi connectivity index (χ1v) is 7.43. The Morgan fingerprint density at radius 2 is 2.00 bits per heavy atom. The molecule has 1 unspecified atom stereocenters. The van der Waals surface area contributed by atoms with Crippen molar-refractivity contribution in [1.29, 1.82) is 0 Å². The van der Waals surface area contributed by atoms with Crippen molar-refractivity contribution in [3.05, 3.63) is 35.4 Å². The third-order valence-corrected chi connectivity index (χ3v) is 4.69. The first-order chi connectivity index (χ1) is 10.1. The summed E-state index contributed by atoms with van der Waals surface area (Å²) in [5, 5.41) is 9.58. The summed E-state index contributed by atoms with van der Waals surface area (Å²) in [5.41, 5.74) is 1.77. The van der Waals surface area contributed by atoms with Gasteiger partial charge in [0, 0.05) is 19.6 Å². The highest BCUT2D eigenvalue weighted by atomic mass is 16.4. The fourth-order valence-corrected chi connectivity index (χ4v) is 3.17. The molecule has 1 aliphatic heterocycles. The third-order valence-electron chi connectivity index (χ3n) is 4.69. The average molecular weight is 288 g/mol. The number of aliphatic carboxylic acids is 1. The molecule has 2 amide bonds. The Hall–Kier alpha value is -2.04. The summed E-state index contributed by atoms with van der Waals surface area (Å²) in [4.78, 5) is 27.6. The van der Waals surface area contributed by atoms with Gasteiger partial charge in [0.2, 0.25) is 0 Å². The molecule has 0 bridgehead atoms. The van der Waals surface area contributed by atoms with Gasteiger partial charge in [-0.25, -0.2) is 9.59 Å². The van der Waals surface area contributed by atoms with Gasteiger partial charge in [0.25, 0.3) is 0 Å². The van der Waals surface area contributed by atoms with Crippen LogP contribution in [0.15, 0.2) is 24.3 Å². The lowest BCUT2D eigenvalue weighted by molar-refractivity contribution is -0.143. The van der Waals surface area contributed by atoms with Crippen LogP contribution in [0, 0.1) is 0 Å². The minimum absolute atomic E-state index is 0.165. The monoisotopic (exact) mass is 288 g/mol. The maximum atomic E-state index is 12.6. The molecule has 1 N–H and O–H groups in total. The summed E-state index contributed by atoms with van der Waals surface area (Å²) in [6, 6.07) is 6.74. The van der Waals surface area contributed by atoms with E-state index >= 15 is 0 Å². The molecular formula is C16H20N2O3. The number of hydrogen-bond acceptors (Lipinski definition) is 2. The molecular weight excluding hydrogens is 268 g/mol. The van der Waals surface area contributed by atoms with Gasteiger partial charge in [-0.3, -0.25) is 0 Å². The highest BCUT2D eigenvalue weighted by Crippen LogP contribution is 2.32. The summed E-state index contributed by atoms with van der Waals surface area (Å²) in [5.74, 6) is -0.961. The molecule has 0 spiro atoms. The van der Waals surface area contributed by atoms with Crippen LogP contribution in [-0.4, -0.2) is 46.5 Å². The summed E-state index contributed by atoms with van der Waals surface area (Å²) in [6.45, 7) is 0.462. The van der Waals surface area contributed by atoms with Crippen molar-refractivity contribution in [2.45, 2.75) is 37.8 Å². The van der Waals surface area contributed by atoms with E-state index in [0.29, 0.717) is 13.0 Å². The summed E-state index contributed by atoms with van der Waals surface area (Å²) >= 11 is 0. The van der Waals surface area contributed by atoms with Crippen molar-refractivity contribution in [3.63, 3.8) is 0 Å². The van der Waals surface area contributed by atoms with Crippen molar-refractivity contribution in [1.82, 2.24) is 9.80 Å². The molecule has 5 heteroatoms. The summed E-state index contributed by atoms with van der Waals surface area (Å²) < 4.78 is 0. The Balaban J connectivity index is 1.88. The van der Waals surface area contributed by atoms with E-state index in [1.54, 1.807) is 11.9 Å². The standard InChI is InChI=1S/C16H20N2O3/c1-17(12-6-4-7-12)16(21)18-10-9-11-5-2-3-8-13(11)14(18)15(19)20/h2-3,5,8,12,14H,4,6-7,9-10H2,1H3,(H,19,20). The fraction of sp³-hybridized carbons (Fsp3) is 0.500. The van der Waals surface area contributed by atoms with Gasteiger partial charge in [-0.15, -0.1) is 0 Å². The van der Waals surface area contributed by atoms with Gasteiger partial charge in [0.15, 0.2) is 6.04 Å². The van der Waals surface area contributed by atoms with Crippen LogP contribution in [-0.2, 0) is 11.2 Å². The van der Waals surface area contributed by atoms with Crippen molar-refractivity contribution in [3.8, 4) is 0 Å². The Kier molecular flexibility index (Phi) is 3.57. The van der Waals surface area contributed by atoms with E-state index in [4.69, 9.17) is 0 Å². The maximum absolute atomic E-state index is 12.6. The molecule has 1 fully saturated rings. The molecule has 112 valence electrons. The molecule has 1 aliphatic carbocycles. The number of benzene rings is 1. The highest BCUT2D eigenvalue weighted by molar-refractivity contribution is 5.85. The molecule has 1 aromatic carbocycles. The number of carboxylic acids is 1. The molecule has 0 saturated heterocycles. The average Bonchev–Trinajstić information content (AvgIpc) is 2.43. The lowest BCUT2D eigenvalue weighted by atomic mass is 9.91. The molecule has 1 aromatic rings. The van der Waals surface area contributed by atoms with E-state index in [0.717, 1.165) is 30.4 Å². The molecule has 1 heterocycles. The van der Waals surface area contributed by atoms with Gasteiger partial charge >= 0.3 is 12.0 Å². The number of carbonyl (C=O) groups excluding carboxylic acids is 1. The Morgan fingerprint density at radius 3 is 2.62 bits per heavy atom. The van der Waals surface area contributed by atoms with E-state index < -0.39 is 12.0 Å².